The van der Waals surface area contributed by atoms with Crippen LogP contribution in [0, 0.1) is 0 Å². The van der Waals surface area contributed by atoms with E-state index in [1.807, 2.05) is 34.6 Å². The molecular formula is C14H13N5S. The van der Waals surface area contributed by atoms with E-state index in [9.17, 15) is 0 Å². The van der Waals surface area contributed by atoms with Crippen LogP contribution in [0.25, 0.3) is 21.7 Å². The quantitative estimate of drug-likeness (QED) is 0.627. The molecule has 0 saturated carbocycles. The fraction of sp³-hybridized carbons (Fsp3) is 0.143. The van der Waals surface area contributed by atoms with Gasteiger partial charge >= 0.3 is 0 Å². The minimum Gasteiger partial charge on any atom is -0.330 e. The van der Waals surface area contributed by atoms with E-state index in [1.165, 1.54) is 0 Å². The molecular weight excluding hydrogens is 270 g/mol. The molecule has 1 aromatic carbocycles. The van der Waals surface area contributed by atoms with Gasteiger partial charge in [-0.05, 0) is 12.6 Å². The Hall–Kier alpha value is -2.18. The lowest BCUT2D eigenvalue weighted by atomic mass is 10.2. The zero-order chi connectivity index (χ0) is 13.5. The molecule has 2 N–H and O–H groups in total. The predicted octanol–water partition coefficient (Wildman–Crippen LogP) is 2.24. The van der Waals surface area contributed by atoms with Crippen LogP contribution in [0.5, 0.6) is 0 Å². The Morgan fingerprint density at radius 3 is 3.05 bits per heavy atom. The van der Waals surface area contributed by atoms with Crippen LogP contribution >= 0.6 is 11.3 Å². The summed E-state index contributed by atoms with van der Waals surface area (Å²) in [6.07, 6.45) is 4.68. The van der Waals surface area contributed by atoms with Crippen molar-refractivity contribution in [2.24, 2.45) is 5.73 Å². The van der Waals surface area contributed by atoms with Crippen LogP contribution in [-0.2, 0) is 6.42 Å². The van der Waals surface area contributed by atoms with Crippen LogP contribution in [-0.4, -0.2) is 25.7 Å². The molecule has 100 valence electrons. The molecule has 0 fully saturated rings. The summed E-state index contributed by atoms with van der Waals surface area (Å²) in [5.41, 5.74) is 7.92. The molecule has 3 aromatic heterocycles. The number of hydrogen-bond acceptors (Lipinski definition) is 4. The van der Waals surface area contributed by atoms with Crippen LogP contribution in [0.1, 0.15) is 5.69 Å². The number of thiazole rings is 1. The molecule has 0 radical (unpaired) electrons. The van der Waals surface area contributed by atoms with Crippen LogP contribution in [0.4, 0.5) is 0 Å². The van der Waals surface area contributed by atoms with Crippen molar-refractivity contribution < 1.29 is 0 Å². The Kier molecular flexibility index (Phi) is 2.58. The van der Waals surface area contributed by atoms with E-state index in [0.29, 0.717) is 6.54 Å². The molecule has 0 amide bonds. The summed E-state index contributed by atoms with van der Waals surface area (Å²) in [4.78, 5) is 5.69. The lowest BCUT2D eigenvalue weighted by Gasteiger charge is -2.04. The van der Waals surface area contributed by atoms with Crippen molar-refractivity contribution in [2.45, 2.75) is 6.42 Å². The van der Waals surface area contributed by atoms with Gasteiger partial charge in [-0.1, -0.05) is 18.2 Å². The highest BCUT2D eigenvalue weighted by Crippen LogP contribution is 2.24. The maximum atomic E-state index is 5.75. The fourth-order valence-corrected chi connectivity index (χ4v) is 3.23. The second-order valence-electron chi connectivity index (χ2n) is 4.59. The number of benzene rings is 1. The van der Waals surface area contributed by atoms with Gasteiger partial charge in [0.05, 0.1) is 17.4 Å². The maximum Gasteiger partial charge on any atom is 0.195 e. The van der Waals surface area contributed by atoms with Crippen molar-refractivity contribution in [2.75, 3.05) is 6.54 Å². The molecule has 20 heavy (non-hydrogen) atoms. The van der Waals surface area contributed by atoms with Gasteiger partial charge in [0.1, 0.15) is 0 Å². The third-order valence-electron chi connectivity index (χ3n) is 3.40. The smallest absolute Gasteiger partial charge is 0.195 e. The Bertz CT molecular complexity index is 885. The molecule has 6 heteroatoms. The van der Waals surface area contributed by atoms with Crippen molar-refractivity contribution >= 4 is 27.2 Å². The number of hydrogen-bond donors (Lipinski definition) is 1. The van der Waals surface area contributed by atoms with Crippen molar-refractivity contribution in [3.05, 3.63) is 47.7 Å². The van der Waals surface area contributed by atoms with Gasteiger partial charge in [-0.2, -0.15) is 10.1 Å². The van der Waals surface area contributed by atoms with Gasteiger partial charge in [0, 0.05) is 23.4 Å². The molecule has 5 nitrogen and oxygen atoms in total. The van der Waals surface area contributed by atoms with Gasteiger partial charge in [0.15, 0.2) is 10.8 Å². The number of aromatic nitrogens is 4. The first kappa shape index (κ1) is 11.6. The molecule has 0 bridgehead atoms. The average molecular weight is 283 g/mol. The summed E-state index contributed by atoms with van der Waals surface area (Å²) in [5.74, 6) is 0.878. The summed E-state index contributed by atoms with van der Waals surface area (Å²) in [6, 6.07) is 8.14. The largest absolute Gasteiger partial charge is 0.330 e. The predicted molar refractivity (Wildman–Crippen MR) is 80.5 cm³/mol. The molecule has 0 saturated heterocycles. The first-order chi connectivity index (χ1) is 9.88. The summed E-state index contributed by atoms with van der Waals surface area (Å²) < 4.78 is 4.00. The summed E-state index contributed by atoms with van der Waals surface area (Å²) in [5, 5.41) is 7.64. The molecule has 4 rings (SSSR count). The van der Waals surface area contributed by atoms with Gasteiger partial charge in [-0.25, -0.2) is 4.68 Å². The van der Waals surface area contributed by atoms with Gasteiger partial charge in [0.25, 0.3) is 0 Å². The highest BCUT2D eigenvalue weighted by Gasteiger charge is 2.16. The highest BCUT2D eigenvalue weighted by molar-refractivity contribution is 7.15. The van der Waals surface area contributed by atoms with Crippen molar-refractivity contribution in [1.29, 1.82) is 0 Å². The Morgan fingerprint density at radius 2 is 2.15 bits per heavy atom. The van der Waals surface area contributed by atoms with Crippen LogP contribution in [0.2, 0.25) is 0 Å². The molecule has 3 heterocycles. The van der Waals surface area contributed by atoms with Gasteiger partial charge < -0.3 is 5.73 Å². The second kappa shape index (κ2) is 4.43. The number of rotatable bonds is 3. The topological polar surface area (TPSA) is 61.1 Å². The van der Waals surface area contributed by atoms with E-state index < -0.39 is 0 Å². The SMILES string of the molecule is NCCc1c(-n2ncc3ccccc32)nc2sccn12. The highest BCUT2D eigenvalue weighted by atomic mass is 32.1. The molecule has 4 aromatic rings. The zero-order valence-electron chi connectivity index (χ0n) is 10.7. The molecule has 0 aliphatic heterocycles. The number of nitrogens with two attached hydrogens (primary N) is 1. The number of imidazole rings is 1. The molecule has 0 atom stereocenters. The van der Waals surface area contributed by atoms with Gasteiger partial charge in [0.2, 0.25) is 0 Å². The average Bonchev–Trinajstić information content (AvgIpc) is 3.14. The molecule has 0 aliphatic rings. The van der Waals surface area contributed by atoms with Crippen molar-refractivity contribution in [1.82, 2.24) is 19.2 Å². The number of nitrogens with zero attached hydrogens (tertiary/aromatic N) is 4. The van der Waals surface area contributed by atoms with E-state index in [4.69, 9.17) is 10.7 Å². The van der Waals surface area contributed by atoms with E-state index in [-0.39, 0.29) is 0 Å². The standard InChI is InChI=1S/C14H13N5S/c15-6-5-12-13(17-14-18(12)7-8-20-14)19-11-4-2-1-3-10(11)9-16-19/h1-4,7-9H,5-6,15H2. The Morgan fingerprint density at radius 1 is 1.25 bits per heavy atom. The van der Waals surface area contributed by atoms with Gasteiger partial charge in [-0.15, -0.1) is 11.3 Å². The number of para-hydroxylation sites is 1. The Balaban J connectivity index is 2.01. The minimum absolute atomic E-state index is 0.593. The summed E-state index contributed by atoms with van der Waals surface area (Å²) in [7, 11) is 0. The molecule has 0 spiro atoms. The van der Waals surface area contributed by atoms with E-state index in [1.54, 1.807) is 11.3 Å². The molecule has 0 aliphatic carbocycles. The van der Waals surface area contributed by atoms with Crippen molar-refractivity contribution in [3.8, 4) is 5.82 Å². The van der Waals surface area contributed by atoms with Crippen LogP contribution < -0.4 is 5.73 Å². The van der Waals surface area contributed by atoms with E-state index >= 15 is 0 Å². The third-order valence-corrected chi connectivity index (χ3v) is 4.16. The monoisotopic (exact) mass is 283 g/mol. The van der Waals surface area contributed by atoms with Crippen LogP contribution in [0.3, 0.4) is 0 Å². The van der Waals surface area contributed by atoms with E-state index in [2.05, 4.69) is 21.6 Å². The first-order valence-electron chi connectivity index (χ1n) is 6.46. The zero-order valence-corrected chi connectivity index (χ0v) is 11.5. The van der Waals surface area contributed by atoms with Crippen LogP contribution in [0.15, 0.2) is 42.0 Å². The second-order valence-corrected chi connectivity index (χ2v) is 5.46. The van der Waals surface area contributed by atoms with Crippen molar-refractivity contribution in [3.63, 3.8) is 0 Å². The molecule has 0 unspecified atom stereocenters. The normalized spacial score (nSPS) is 11.7. The lowest BCUT2D eigenvalue weighted by molar-refractivity contribution is 0.835. The number of fused-ring (bicyclic) bond motifs is 2. The third kappa shape index (κ3) is 1.59. The first-order valence-corrected chi connectivity index (χ1v) is 7.34. The Labute approximate surface area is 119 Å². The minimum atomic E-state index is 0.593. The maximum absolute atomic E-state index is 5.75. The van der Waals surface area contributed by atoms with E-state index in [0.717, 1.165) is 33.8 Å². The fourth-order valence-electron chi connectivity index (χ4n) is 2.50. The lowest BCUT2D eigenvalue weighted by Crippen LogP contribution is -2.08. The summed E-state index contributed by atoms with van der Waals surface area (Å²) >= 11 is 1.62. The summed E-state index contributed by atoms with van der Waals surface area (Å²) in [6.45, 7) is 0.593. The van der Waals surface area contributed by atoms with Gasteiger partial charge in [-0.3, -0.25) is 4.40 Å².